The summed E-state index contributed by atoms with van der Waals surface area (Å²) in [5.74, 6) is 1.38. The zero-order chi connectivity index (χ0) is 10.8. The van der Waals surface area contributed by atoms with Gasteiger partial charge in [0.05, 0.1) is 0 Å². The molecule has 0 saturated carbocycles. The second-order valence-corrected chi connectivity index (χ2v) is 5.13. The molecule has 1 atom stereocenters. The van der Waals surface area contributed by atoms with E-state index in [1.807, 2.05) is 20.8 Å². The number of nitrogens with zero attached hydrogens (tertiary/aromatic N) is 1. The highest BCUT2D eigenvalue weighted by atomic mass is 32.1. The fraction of sp³-hybridized carbons (Fsp3) is 0.900. The summed E-state index contributed by atoms with van der Waals surface area (Å²) < 4.78 is 5.28. The third kappa shape index (κ3) is 3.40. The van der Waals surface area contributed by atoms with E-state index in [0.29, 0.717) is 5.92 Å². The molecule has 0 N–H and O–H groups in total. The van der Waals surface area contributed by atoms with Crippen LogP contribution in [0.1, 0.15) is 27.2 Å². The second-order valence-electron chi connectivity index (χ2n) is 4.76. The molecule has 1 rings (SSSR count). The number of amides is 1. The number of likely N-dealkylation sites (tertiary alicyclic amines) is 1. The minimum atomic E-state index is -0.393. The van der Waals surface area contributed by atoms with Gasteiger partial charge in [-0.15, -0.1) is 0 Å². The van der Waals surface area contributed by atoms with E-state index in [-0.39, 0.29) is 6.09 Å². The van der Waals surface area contributed by atoms with Crippen LogP contribution in [0.4, 0.5) is 4.79 Å². The Kier molecular flexibility index (Phi) is 3.70. The summed E-state index contributed by atoms with van der Waals surface area (Å²) in [6.07, 6.45) is 0.852. The molecular formula is C10H19NO2S. The summed E-state index contributed by atoms with van der Waals surface area (Å²) in [7, 11) is 0. The molecule has 82 valence electrons. The average Bonchev–Trinajstić information content (AvgIpc) is 2.48. The molecule has 0 bridgehead atoms. The maximum atomic E-state index is 11.6. The van der Waals surface area contributed by atoms with E-state index in [9.17, 15) is 4.79 Å². The first kappa shape index (κ1) is 11.7. The number of carbonyl (C=O) groups is 1. The molecule has 0 aromatic heterocycles. The van der Waals surface area contributed by atoms with Crippen LogP contribution in [0.15, 0.2) is 0 Å². The molecule has 1 heterocycles. The number of rotatable bonds is 1. The van der Waals surface area contributed by atoms with Crippen molar-refractivity contribution in [3.63, 3.8) is 0 Å². The number of carbonyl (C=O) groups excluding carboxylic acids is 1. The minimum Gasteiger partial charge on any atom is -0.444 e. The largest absolute Gasteiger partial charge is 0.444 e. The van der Waals surface area contributed by atoms with E-state index in [1.165, 1.54) is 0 Å². The Balaban J connectivity index is 2.40. The SMILES string of the molecule is CC(C)(C)OC(=O)N1CCC(CS)C1. The molecule has 1 aliphatic rings. The summed E-state index contributed by atoms with van der Waals surface area (Å²) in [5.41, 5.74) is -0.393. The van der Waals surface area contributed by atoms with Crippen molar-refractivity contribution < 1.29 is 9.53 Å². The van der Waals surface area contributed by atoms with Crippen LogP contribution in [0.5, 0.6) is 0 Å². The van der Waals surface area contributed by atoms with E-state index >= 15 is 0 Å². The third-order valence-corrected chi connectivity index (χ3v) is 2.71. The van der Waals surface area contributed by atoms with Gasteiger partial charge in [-0.05, 0) is 38.9 Å². The lowest BCUT2D eigenvalue weighted by atomic mass is 10.2. The Morgan fingerprint density at radius 1 is 1.57 bits per heavy atom. The summed E-state index contributed by atoms with van der Waals surface area (Å²) >= 11 is 4.23. The van der Waals surface area contributed by atoms with Crippen LogP contribution in [0.25, 0.3) is 0 Å². The van der Waals surface area contributed by atoms with Crippen molar-refractivity contribution in [3.8, 4) is 0 Å². The molecule has 0 aromatic carbocycles. The van der Waals surface area contributed by atoms with Gasteiger partial charge < -0.3 is 9.64 Å². The molecule has 1 aliphatic heterocycles. The zero-order valence-electron chi connectivity index (χ0n) is 9.12. The van der Waals surface area contributed by atoms with Gasteiger partial charge in [0.1, 0.15) is 5.60 Å². The van der Waals surface area contributed by atoms with Gasteiger partial charge >= 0.3 is 6.09 Å². The molecular weight excluding hydrogens is 198 g/mol. The molecule has 14 heavy (non-hydrogen) atoms. The van der Waals surface area contributed by atoms with Crippen LogP contribution >= 0.6 is 12.6 Å². The summed E-state index contributed by atoms with van der Waals surface area (Å²) in [6.45, 7) is 7.25. The Labute approximate surface area is 91.2 Å². The first-order chi connectivity index (χ1) is 6.42. The maximum absolute atomic E-state index is 11.6. The fourth-order valence-electron chi connectivity index (χ4n) is 1.47. The topological polar surface area (TPSA) is 29.5 Å². The number of hydrogen-bond acceptors (Lipinski definition) is 3. The van der Waals surface area contributed by atoms with E-state index in [1.54, 1.807) is 4.90 Å². The average molecular weight is 217 g/mol. The molecule has 0 aliphatic carbocycles. The number of ether oxygens (including phenoxy) is 1. The van der Waals surface area contributed by atoms with Crippen molar-refractivity contribution in [1.29, 1.82) is 0 Å². The highest BCUT2D eigenvalue weighted by Gasteiger charge is 2.28. The Bertz CT molecular complexity index is 213. The molecule has 1 unspecified atom stereocenters. The third-order valence-electron chi connectivity index (χ3n) is 2.20. The van der Waals surface area contributed by atoms with Crippen LogP contribution < -0.4 is 0 Å². The smallest absolute Gasteiger partial charge is 0.410 e. The van der Waals surface area contributed by atoms with Gasteiger partial charge in [0.15, 0.2) is 0 Å². The lowest BCUT2D eigenvalue weighted by Gasteiger charge is -2.24. The van der Waals surface area contributed by atoms with Gasteiger partial charge in [-0.25, -0.2) is 4.79 Å². The zero-order valence-corrected chi connectivity index (χ0v) is 10.0. The van der Waals surface area contributed by atoms with Crippen LogP contribution in [0.2, 0.25) is 0 Å². The van der Waals surface area contributed by atoms with Gasteiger partial charge in [0, 0.05) is 13.1 Å². The monoisotopic (exact) mass is 217 g/mol. The van der Waals surface area contributed by atoms with Gasteiger partial charge in [-0.2, -0.15) is 12.6 Å². The highest BCUT2D eigenvalue weighted by molar-refractivity contribution is 7.80. The van der Waals surface area contributed by atoms with Crippen LogP contribution in [0.3, 0.4) is 0 Å². The molecule has 3 nitrogen and oxygen atoms in total. The van der Waals surface area contributed by atoms with Crippen molar-refractivity contribution >= 4 is 18.7 Å². The van der Waals surface area contributed by atoms with Gasteiger partial charge in [-0.3, -0.25) is 0 Å². The van der Waals surface area contributed by atoms with Crippen molar-refractivity contribution in [2.24, 2.45) is 5.92 Å². The summed E-state index contributed by atoms with van der Waals surface area (Å²) in [6, 6.07) is 0. The van der Waals surface area contributed by atoms with Crippen LogP contribution in [-0.2, 0) is 4.74 Å². The second kappa shape index (κ2) is 4.43. The van der Waals surface area contributed by atoms with Crippen molar-refractivity contribution in [3.05, 3.63) is 0 Å². The molecule has 1 fully saturated rings. The number of thiol groups is 1. The number of hydrogen-bond donors (Lipinski definition) is 1. The normalized spacial score (nSPS) is 22.6. The molecule has 0 aromatic rings. The van der Waals surface area contributed by atoms with Gasteiger partial charge in [-0.1, -0.05) is 0 Å². The molecule has 4 heteroatoms. The van der Waals surface area contributed by atoms with Crippen molar-refractivity contribution in [1.82, 2.24) is 4.90 Å². The Morgan fingerprint density at radius 3 is 2.64 bits per heavy atom. The summed E-state index contributed by atoms with van der Waals surface area (Å²) in [4.78, 5) is 13.4. The predicted molar refractivity (Wildman–Crippen MR) is 59.8 cm³/mol. The van der Waals surface area contributed by atoms with Crippen LogP contribution in [-0.4, -0.2) is 35.4 Å². The van der Waals surface area contributed by atoms with Gasteiger partial charge in [0.25, 0.3) is 0 Å². The van der Waals surface area contributed by atoms with E-state index < -0.39 is 5.60 Å². The quantitative estimate of drug-likeness (QED) is 0.682. The van der Waals surface area contributed by atoms with E-state index in [4.69, 9.17) is 4.74 Å². The summed E-state index contributed by atoms with van der Waals surface area (Å²) in [5, 5.41) is 0. The van der Waals surface area contributed by atoms with Crippen LogP contribution in [0, 0.1) is 5.92 Å². The maximum Gasteiger partial charge on any atom is 0.410 e. The first-order valence-electron chi connectivity index (χ1n) is 5.01. The predicted octanol–water partition coefficient (Wildman–Crippen LogP) is 2.17. The molecule has 1 saturated heterocycles. The molecule has 1 amide bonds. The van der Waals surface area contributed by atoms with Crippen molar-refractivity contribution in [2.45, 2.75) is 32.8 Å². The standard InChI is InChI=1S/C10H19NO2S/c1-10(2,3)13-9(12)11-5-4-8(6-11)7-14/h8,14H,4-7H2,1-3H3. The molecule has 0 radical (unpaired) electrons. The lowest BCUT2D eigenvalue weighted by molar-refractivity contribution is 0.0289. The van der Waals surface area contributed by atoms with Gasteiger partial charge in [0.2, 0.25) is 0 Å². The highest BCUT2D eigenvalue weighted by Crippen LogP contribution is 2.19. The Morgan fingerprint density at radius 2 is 2.21 bits per heavy atom. The minimum absolute atomic E-state index is 0.193. The van der Waals surface area contributed by atoms with E-state index in [0.717, 1.165) is 25.3 Å². The van der Waals surface area contributed by atoms with Crippen molar-refractivity contribution in [2.75, 3.05) is 18.8 Å². The fourth-order valence-corrected chi connectivity index (χ4v) is 1.77. The molecule has 0 spiro atoms. The Hall–Kier alpha value is -0.380. The first-order valence-corrected chi connectivity index (χ1v) is 5.64. The van der Waals surface area contributed by atoms with E-state index in [2.05, 4.69) is 12.6 Å². The lowest BCUT2D eigenvalue weighted by Crippen LogP contribution is -2.35.